The quantitative estimate of drug-likeness (QED) is 0.589. The number of rotatable bonds is 9. The molecule has 0 saturated heterocycles. The molecule has 0 fully saturated rings. The standard InChI is InChI=1S/C20H23N3O4/c1-2-18(24)21-12-13-22-20(26)15-8-10-16(11-9-15)23-19(25)14-27-17-6-4-3-5-7-17/h3-11H,2,12-14H2,1H3,(H,21,24)(H,22,26)(H,23,25). The van der Waals surface area contributed by atoms with E-state index in [0.717, 1.165) is 0 Å². The predicted octanol–water partition coefficient (Wildman–Crippen LogP) is 1.96. The molecule has 142 valence electrons. The molecule has 2 aromatic rings. The fourth-order valence-corrected chi connectivity index (χ4v) is 2.17. The highest BCUT2D eigenvalue weighted by Gasteiger charge is 2.07. The van der Waals surface area contributed by atoms with E-state index in [9.17, 15) is 14.4 Å². The Balaban J connectivity index is 1.74. The Labute approximate surface area is 158 Å². The van der Waals surface area contributed by atoms with Crippen molar-refractivity contribution >= 4 is 23.4 Å². The normalized spacial score (nSPS) is 9.96. The Morgan fingerprint density at radius 1 is 0.852 bits per heavy atom. The molecule has 0 radical (unpaired) electrons. The number of amides is 3. The van der Waals surface area contributed by atoms with E-state index in [-0.39, 0.29) is 24.3 Å². The highest BCUT2D eigenvalue weighted by molar-refractivity contribution is 5.96. The first-order chi connectivity index (χ1) is 13.1. The maximum Gasteiger partial charge on any atom is 0.262 e. The number of hydrogen-bond donors (Lipinski definition) is 3. The fourth-order valence-electron chi connectivity index (χ4n) is 2.17. The molecule has 0 aliphatic heterocycles. The molecule has 0 aliphatic rings. The van der Waals surface area contributed by atoms with E-state index >= 15 is 0 Å². The third-order valence-electron chi connectivity index (χ3n) is 3.60. The Kier molecular flexibility index (Phi) is 7.84. The van der Waals surface area contributed by atoms with Crippen LogP contribution in [0.4, 0.5) is 5.69 Å². The molecule has 0 heterocycles. The molecule has 3 amide bonds. The first kappa shape index (κ1) is 20.0. The molecule has 0 aliphatic carbocycles. The lowest BCUT2D eigenvalue weighted by molar-refractivity contribution is -0.120. The molecule has 0 bridgehead atoms. The van der Waals surface area contributed by atoms with Gasteiger partial charge in [-0.1, -0.05) is 25.1 Å². The van der Waals surface area contributed by atoms with Crippen LogP contribution in [0, 0.1) is 0 Å². The number of anilines is 1. The van der Waals surface area contributed by atoms with Gasteiger partial charge in [0.2, 0.25) is 5.91 Å². The van der Waals surface area contributed by atoms with Crippen molar-refractivity contribution in [2.24, 2.45) is 0 Å². The minimum absolute atomic E-state index is 0.0550. The zero-order valence-corrected chi connectivity index (χ0v) is 15.2. The summed E-state index contributed by atoms with van der Waals surface area (Å²) >= 11 is 0. The third kappa shape index (κ3) is 7.19. The zero-order chi connectivity index (χ0) is 19.5. The average molecular weight is 369 g/mol. The second kappa shape index (κ2) is 10.6. The van der Waals surface area contributed by atoms with Crippen LogP contribution in [-0.2, 0) is 9.59 Å². The van der Waals surface area contributed by atoms with Gasteiger partial charge in [-0.2, -0.15) is 0 Å². The molecule has 0 spiro atoms. The summed E-state index contributed by atoms with van der Waals surface area (Å²) in [6, 6.07) is 15.6. The predicted molar refractivity (Wildman–Crippen MR) is 103 cm³/mol. The number of carbonyl (C=O) groups is 3. The van der Waals surface area contributed by atoms with E-state index < -0.39 is 0 Å². The van der Waals surface area contributed by atoms with Crippen LogP contribution < -0.4 is 20.7 Å². The summed E-state index contributed by atoms with van der Waals surface area (Å²) in [6.45, 7) is 2.39. The van der Waals surface area contributed by atoms with Gasteiger partial charge in [0, 0.05) is 30.8 Å². The van der Waals surface area contributed by atoms with Gasteiger partial charge in [0.1, 0.15) is 5.75 Å². The lowest BCUT2D eigenvalue weighted by Gasteiger charge is -2.09. The first-order valence-corrected chi connectivity index (χ1v) is 8.71. The van der Waals surface area contributed by atoms with Crippen molar-refractivity contribution in [3.05, 3.63) is 60.2 Å². The molecule has 2 rings (SSSR count). The van der Waals surface area contributed by atoms with Crippen LogP contribution >= 0.6 is 0 Å². The molecule has 2 aromatic carbocycles. The SMILES string of the molecule is CCC(=O)NCCNC(=O)c1ccc(NC(=O)COc2ccccc2)cc1. The largest absolute Gasteiger partial charge is 0.484 e. The van der Waals surface area contributed by atoms with Crippen molar-refractivity contribution in [3.8, 4) is 5.75 Å². The van der Waals surface area contributed by atoms with Gasteiger partial charge in [0.25, 0.3) is 11.8 Å². The summed E-state index contributed by atoms with van der Waals surface area (Å²) in [4.78, 5) is 35.0. The molecule has 3 N–H and O–H groups in total. The van der Waals surface area contributed by atoms with Gasteiger partial charge in [-0.05, 0) is 36.4 Å². The van der Waals surface area contributed by atoms with Gasteiger partial charge in [-0.15, -0.1) is 0 Å². The van der Waals surface area contributed by atoms with Gasteiger partial charge >= 0.3 is 0 Å². The summed E-state index contributed by atoms with van der Waals surface area (Å²) in [5.74, 6) is 0.0316. The van der Waals surface area contributed by atoms with Crippen molar-refractivity contribution in [1.29, 1.82) is 0 Å². The van der Waals surface area contributed by atoms with E-state index in [1.54, 1.807) is 43.3 Å². The van der Waals surface area contributed by atoms with Gasteiger partial charge in [0.15, 0.2) is 6.61 Å². The third-order valence-corrected chi connectivity index (χ3v) is 3.60. The number of ether oxygens (including phenoxy) is 1. The smallest absolute Gasteiger partial charge is 0.262 e. The van der Waals surface area contributed by atoms with Crippen LogP contribution in [0.15, 0.2) is 54.6 Å². The van der Waals surface area contributed by atoms with Crippen molar-refractivity contribution < 1.29 is 19.1 Å². The molecule has 27 heavy (non-hydrogen) atoms. The number of nitrogens with one attached hydrogen (secondary N) is 3. The average Bonchev–Trinajstić information content (AvgIpc) is 2.70. The summed E-state index contributed by atoms with van der Waals surface area (Å²) in [6.07, 6.45) is 0.414. The Bertz CT molecular complexity index is 761. The second-order valence-corrected chi connectivity index (χ2v) is 5.69. The molecule has 0 unspecified atom stereocenters. The molecule has 7 nitrogen and oxygen atoms in total. The first-order valence-electron chi connectivity index (χ1n) is 8.71. The Morgan fingerprint density at radius 2 is 1.52 bits per heavy atom. The molecule has 0 aromatic heterocycles. The van der Waals surface area contributed by atoms with Gasteiger partial charge < -0.3 is 20.7 Å². The molecular formula is C20H23N3O4. The van der Waals surface area contributed by atoms with Gasteiger partial charge in [-0.25, -0.2) is 0 Å². The second-order valence-electron chi connectivity index (χ2n) is 5.69. The van der Waals surface area contributed by atoms with Crippen LogP contribution in [0.1, 0.15) is 23.7 Å². The van der Waals surface area contributed by atoms with Crippen molar-refractivity contribution in [2.45, 2.75) is 13.3 Å². The van der Waals surface area contributed by atoms with Crippen molar-refractivity contribution in [2.75, 3.05) is 25.0 Å². The molecule has 7 heteroatoms. The van der Waals surface area contributed by atoms with E-state index in [0.29, 0.717) is 36.5 Å². The van der Waals surface area contributed by atoms with Crippen LogP contribution in [0.25, 0.3) is 0 Å². The van der Waals surface area contributed by atoms with Crippen LogP contribution in [0.2, 0.25) is 0 Å². The highest BCUT2D eigenvalue weighted by Crippen LogP contribution is 2.11. The lowest BCUT2D eigenvalue weighted by atomic mass is 10.2. The van der Waals surface area contributed by atoms with Gasteiger partial charge in [-0.3, -0.25) is 14.4 Å². The topological polar surface area (TPSA) is 96.5 Å². The summed E-state index contributed by atoms with van der Waals surface area (Å²) in [5, 5.41) is 8.10. The monoisotopic (exact) mass is 369 g/mol. The van der Waals surface area contributed by atoms with E-state index in [2.05, 4.69) is 16.0 Å². The number of benzene rings is 2. The van der Waals surface area contributed by atoms with E-state index in [1.165, 1.54) is 0 Å². The van der Waals surface area contributed by atoms with Crippen LogP contribution in [0.5, 0.6) is 5.75 Å². The molecule has 0 atom stereocenters. The number of hydrogen-bond acceptors (Lipinski definition) is 4. The maximum atomic E-state index is 12.0. The Morgan fingerprint density at radius 3 is 2.19 bits per heavy atom. The maximum absolute atomic E-state index is 12.0. The Hall–Kier alpha value is -3.35. The molecular weight excluding hydrogens is 346 g/mol. The fraction of sp³-hybridized carbons (Fsp3) is 0.250. The van der Waals surface area contributed by atoms with Crippen LogP contribution in [0.3, 0.4) is 0 Å². The van der Waals surface area contributed by atoms with E-state index in [4.69, 9.17) is 4.74 Å². The summed E-state index contributed by atoms with van der Waals surface area (Å²) in [5.41, 5.74) is 1.04. The van der Waals surface area contributed by atoms with E-state index in [1.807, 2.05) is 18.2 Å². The van der Waals surface area contributed by atoms with Crippen molar-refractivity contribution in [1.82, 2.24) is 10.6 Å². The minimum atomic E-state index is -0.289. The number of carbonyl (C=O) groups excluding carboxylic acids is 3. The van der Waals surface area contributed by atoms with Crippen LogP contribution in [-0.4, -0.2) is 37.4 Å². The highest BCUT2D eigenvalue weighted by atomic mass is 16.5. The minimum Gasteiger partial charge on any atom is -0.484 e. The van der Waals surface area contributed by atoms with Crippen molar-refractivity contribution in [3.63, 3.8) is 0 Å². The zero-order valence-electron chi connectivity index (χ0n) is 15.2. The van der Waals surface area contributed by atoms with Gasteiger partial charge in [0.05, 0.1) is 0 Å². The number of para-hydroxylation sites is 1. The summed E-state index contributed by atoms with van der Waals surface area (Å²) < 4.78 is 5.38. The lowest BCUT2D eigenvalue weighted by Crippen LogP contribution is -2.34. The molecule has 0 saturated carbocycles. The summed E-state index contributed by atoms with van der Waals surface area (Å²) in [7, 11) is 0.